The lowest BCUT2D eigenvalue weighted by Crippen LogP contribution is -2.34. The molecule has 0 bridgehead atoms. The van der Waals surface area contributed by atoms with Gasteiger partial charge in [-0.15, -0.1) is 0 Å². The maximum absolute atomic E-state index is 11.9. The van der Waals surface area contributed by atoms with Crippen LogP contribution in [0.1, 0.15) is 26.7 Å². The van der Waals surface area contributed by atoms with Gasteiger partial charge in [0.1, 0.15) is 0 Å². The topological polar surface area (TPSA) is 15.3 Å². The summed E-state index contributed by atoms with van der Waals surface area (Å²) in [5.41, 5.74) is 0. The highest BCUT2D eigenvalue weighted by molar-refractivity contribution is 4.66. The molecule has 1 unspecified atom stereocenters. The van der Waals surface area contributed by atoms with Crippen LogP contribution in [0, 0.1) is 0 Å². The van der Waals surface area contributed by atoms with Gasteiger partial charge in [-0.25, -0.2) is 0 Å². The van der Waals surface area contributed by atoms with E-state index in [9.17, 15) is 13.2 Å². The Hall–Kier alpha value is -0.290. The number of rotatable bonds is 7. The van der Waals surface area contributed by atoms with Crippen molar-refractivity contribution in [3.8, 4) is 0 Å². The van der Waals surface area contributed by atoms with Gasteiger partial charge in [-0.1, -0.05) is 6.92 Å². The van der Waals surface area contributed by atoms with E-state index in [1.165, 1.54) is 0 Å². The number of hydrogen-bond donors (Lipinski definition) is 1. The van der Waals surface area contributed by atoms with Crippen LogP contribution in [0.2, 0.25) is 0 Å². The Morgan fingerprint density at radius 1 is 1.33 bits per heavy atom. The molecule has 0 aliphatic rings. The summed E-state index contributed by atoms with van der Waals surface area (Å²) in [6.07, 6.45) is -3.90. The number of halogens is 3. The second-order valence-corrected chi connectivity index (χ2v) is 3.84. The van der Waals surface area contributed by atoms with E-state index < -0.39 is 12.6 Å². The van der Waals surface area contributed by atoms with Crippen molar-refractivity contribution in [1.82, 2.24) is 10.2 Å². The lowest BCUT2D eigenvalue weighted by Gasteiger charge is -2.25. The van der Waals surface area contributed by atoms with Gasteiger partial charge < -0.3 is 10.2 Å². The van der Waals surface area contributed by atoms with Gasteiger partial charge in [0.2, 0.25) is 0 Å². The second-order valence-electron chi connectivity index (χ2n) is 3.84. The quantitative estimate of drug-likeness (QED) is 0.670. The Balaban J connectivity index is 3.64. The Labute approximate surface area is 89.8 Å². The van der Waals surface area contributed by atoms with Crippen molar-refractivity contribution >= 4 is 0 Å². The Morgan fingerprint density at radius 2 is 1.93 bits per heavy atom. The molecule has 0 fully saturated rings. The van der Waals surface area contributed by atoms with Crippen LogP contribution in [0.3, 0.4) is 0 Å². The molecule has 0 aliphatic carbocycles. The third kappa shape index (κ3) is 8.69. The van der Waals surface area contributed by atoms with Gasteiger partial charge in [0.05, 0.1) is 6.42 Å². The SMILES string of the molecule is CCNCCC(C)N(C)CCC(F)(F)F. The van der Waals surface area contributed by atoms with E-state index >= 15 is 0 Å². The molecule has 0 radical (unpaired) electrons. The highest BCUT2D eigenvalue weighted by Crippen LogP contribution is 2.20. The first kappa shape index (κ1) is 14.7. The molecule has 0 aromatic heterocycles. The summed E-state index contributed by atoms with van der Waals surface area (Å²) in [5, 5.41) is 3.16. The molecule has 0 amide bonds. The van der Waals surface area contributed by atoms with E-state index in [4.69, 9.17) is 0 Å². The Kier molecular flexibility index (Phi) is 6.92. The monoisotopic (exact) mass is 226 g/mol. The lowest BCUT2D eigenvalue weighted by molar-refractivity contribution is -0.138. The number of nitrogens with zero attached hydrogens (tertiary/aromatic N) is 1. The average molecular weight is 226 g/mol. The average Bonchev–Trinajstić information content (AvgIpc) is 2.13. The van der Waals surface area contributed by atoms with Crippen LogP contribution < -0.4 is 5.32 Å². The number of alkyl halides is 3. The molecular formula is C10H21F3N2. The Bertz CT molecular complexity index is 159. The van der Waals surface area contributed by atoms with E-state index in [0.29, 0.717) is 0 Å². The molecule has 0 spiro atoms. The standard InChI is InChI=1S/C10H21F3N2/c1-4-14-7-5-9(2)15(3)8-6-10(11,12)13/h9,14H,4-8H2,1-3H3. The minimum atomic E-state index is -4.05. The van der Waals surface area contributed by atoms with Crippen LogP contribution >= 0.6 is 0 Å². The molecule has 0 rings (SSSR count). The van der Waals surface area contributed by atoms with Crippen molar-refractivity contribution in [3.05, 3.63) is 0 Å². The maximum Gasteiger partial charge on any atom is 0.390 e. The predicted octanol–water partition coefficient (Wildman–Crippen LogP) is 2.26. The zero-order chi connectivity index (χ0) is 11.9. The predicted molar refractivity (Wildman–Crippen MR) is 55.9 cm³/mol. The minimum Gasteiger partial charge on any atom is -0.317 e. The molecule has 1 N–H and O–H groups in total. The van der Waals surface area contributed by atoms with Gasteiger partial charge in [-0.3, -0.25) is 0 Å². The zero-order valence-electron chi connectivity index (χ0n) is 9.69. The molecule has 0 heterocycles. The molecule has 2 nitrogen and oxygen atoms in total. The van der Waals surface area contributed by atoms with Crippen molar-refractivity contribution in [2.45, 2.75) is 38.9 Å². The summed E-state index contributed by atoms with van der Waals surface area (Å²) >= 11 is 0. The summed E-state index contributed by atoms with van der Waals surface area (Å²) in [6.45, 7) is 5.80. The first-order chi connectivity index (χ1) is 6.87. The van der Waals surface area contributed by atoms with Crippen LogP contribution in [0.25, 0.3) is 0 Å². The van der Waals surface area contributed by atoms with Crippen LogP contribution in [0.4, 0.5) is 13.2 Å². The van der Waals surface area contributed by atoms with E-state index in [1.54, 1.807) is 11.9 Å². The molecular weight excluding hydrogens is 205 g/mol. The fraction of sp³-hybridized carbons (Fsp3) is 1.00. The maximum atomic E-state index is 11.9. The van der Waals surface area contributed by atoms with Gasteiger partial charge in [-0.2, -0.15) is 13.2 Å². The number of nitrogens with one attached hydrogen (secondary N) is 1. The third-order valence-corrected chi connectivity index (χ3v) is 2.49. The molecule has 0 saturated heterocycles. The van der Waals surface area contributed by atoms with Crippen molar-refractivity contribution in [3.63, 3.8) is 0 Å². The smallest absolute Gasteiger partial charge is 0.317 e. The van der Waals surface area contributed by atoms with Gasteiger partial charge in [0, 0.05) is 12.6 Å². The summed E-state index contributed by atoms with van der Waals surface area (Å²) in [4.78, 5) is 1.75. The van der Waals surface area contributed by atoms with Gasteiger partial charge in [0.25, 0.3) is 0 Å². The summed E-state index contributed by atoms with van der Waals surface area (Å²) in [6, 6.07) is 0.186. The summed E-state index contributed by atoms with van der Waals surface area (Å²) in [5.74, 6) is 0. The van der Waals surface area contributed by atoms with Gasteiger partial charge in [0.15, 0.2) is 0 Å². The Morgan fingerprint density at radius 3 is 2.40 bits per heavy atom. The molecule has 0 saturated carbocycles. The fourth-order valence-electron chi connectivity index (χ4n) is 1.23. The highest BCUT2D eigenvalue weighted by atomic mass is 19.4. The normalized spacial score (nSPS) is 14.6. The molecule has 5 heteroatoms. The van der Waals surface area contributed by atoms with Gasteiger partial charge >= 0.3 is 6.18 Å². The highest BCUT2D eigenvalue weighted by Gasteiger charge is 2.27. The van der Waals surface area contributed by atoms with E-state index in [0.717, 1.165) is 19.5 Å². The lowest BCUT2D eigenvalue weighted by atomic mass is 10.2. The summed E-state index contributed by atoms with van der Waals surface area (Å²) in [7, 11) is 1.74. The van der Waals surface area contributed by atoms with E-state index in [1.807, 2.05) is 13.8 Å². The third-order valence-electron chi connectivity index (χ3n) is 2.49. The van der Waals surface area contributed by atoms with E-state index in [2.05, 4.69) is 5.32 Å². The number of hydrogen-bond acceptors (Lipinski definition) is 2. The summed E-state index contributed by atoms with van der Waals surface area (Å²) < 4.78 is 35.8. The second kappa shape index (κ2) is 7.06. The van der Waals surface area contributed by atoms with Crippen LogP contribution in [0.15, 0.2) is 0 Å². The largest absolute Gasteiger partial charge is 0.390 e. The molecule has 1 atom stereocenters. The molecule has 15 heavy (non-hydrogen) atoms. The zero-order valence-corrected chi connectivity index (χ0v) is 9.69. The first-order valence-electron chi connectivity index (χ1n) is 5.34. The molecule has 0 aromatic rings. The van der Waals surface area contributed by atoms with Gasteiger partial charge in [-0.05, 0) is 33.5 Å². The van der Waals surface area contributed by atoms with Crippen molar-refractivity contribution in [2.24, 2.45) is 0 Å². The fourth-order valence-corrected chi connectivity index (χ4v) is 1.23. The minimum absolute atomic E-state index is 0.0802. The van der Waals surface area contributed by atoms with Crippen molar-refractivity contribution < 1.29 is 13.2 Å². The first-order valence-corrected chi connectivity index (χ1v) is 5.34. The van der Waals surface area contributed by atoms with Crippen LogP contribution in [-0.2, 0) is 0 Å². The molecule has 0 aromatic carbocycles. The van der Waals surface area contributed by atoms with Crippen molar-refractivity contribution in [2.75, 3.05) is 26.7 Å². The van der Waals surface area contributed by atoms with Crippen molar-refractivity contribution in [1.29, 1.82) is 0 Å². The van der Waals surface area contributed by atoms with E-state index in [-0.39, 0.29) is 12.6 Å². The molecule has 0 aliphatic heterocycles. The van der Waals surface area contributed by atoms with Crippen LogP contribution in [0.5, 0.6) is 0 Å². The van der Waals surface area contributed by atoms with Crippen LogP contribution in [-0.4, -0.2) is 43.8 Å². The molecule has 92 valence electrons.